The van der Waals surface area contributed by atoms with Gasteiger partial charge in [0, 0.05) is 12.8 Å². The normalized spacial score (nSPS) is 14.3. The SMILES string of the molecule is CC/C=C\C/C=C\C/C=C\C/C=C\CCCCCCCCCCC(=O)OC(COC(=O)CCCCCCC/C=C\C/C=C\CCCCC)COP(=O)(O)OCC(N)C(=O)O. The lowest BCUT2D eigenvalue weighted by atomic mass is 10.1. The van der Waals surface area contributed by atoms with E-state index in [-0.39, 0.29) is 19.4 Å². The van der Waals surface area contributed by atoms with Crippen molar-refractivity contribution < 1.29 is 47.5 Å². The summed E-state index contributed by atoms with van der Waals surface area (Å²) >= 11 is 0. The molecule has 0 heterocycles. The summed E-state index contributed by atoms with van der Waals surface area (Å²) in [7, 11) is -4.73. The van der Waals surface area contributed by atoms with Crippen LogP contribution in [-0.2, 0) is 37.5 Å². The number of phosphoric ester groups is 1. The van der Waals surface area contributed by atoms with Gasteiger partial charge in [-0.1, -0.05) is 157 Å². The van der Waals surface area contributed by atoms with E-state index in [1.165, 1.54) is 38.5 Å². The van der Waals surface area contributed by atoms with Gasteiger partial charge in [-0.05, 0) is 83.5 Å². The van der Waals surface area contributed by atoms with Crippen molar-refractivity contribution in [1.82, 2.24) is 0 Å². The molecule has 4 N–H and O–H groups in total. The highest BCUT2D eigenvalue weighted by Gasteiger charge is 2.28. The van der Waals surface area contributed by atoms with Gasteiger partial charge in [-0.25, -0.2) is 4.57 Å². The van der Waals surface area contributed by atoms with Crippen molar-refractivity contribution in [2.24, 2.45) is 5.73 Å². The minimum Gasteiger partial charge on any atom is -0.480 e. The molecule has 0 amide bonds. The molecule has 60 heavy (non-hydrogen) atoms. The van der Waals surface area contributed by atoms with Crippen LogP contribution >= 0.6 is 7.82 Å². The number of unbranched alkanes of at least 4 members (excludes halogenated alkanes) is 16. The van der Waals surface area contributed by atoms with Gasteiger partial charge in [0.1, 0.15) is 12.6 Å². The van der Waals surface area contributed by atoms with Crippen molar-refractivity contribution in [2.75, 3.05) is 19.8 Å². The van der Waals surface area contributed by atoms with Gasteiger partial charge in [0.15, 0.2) is 6.10 Å². The molecule has 0 radical (unpaired) electrons. The van der Waals surface area contributed by atoms with E-state index in [9.17, 15) is 23.8 Å². The summed E-state index contributed by atoms with van der Waals surface area (Å²) in [6.45, 7) is 2.64. The molecule has 0 spiro atoms. The van der Waals surface area contributed by atoms with Gasteiger partial charge in [0.2, 0.25) is 0 Å². The summed E-state index contributed by atoms with van der Waals surface area (Å²) in [5.74, 6) is -2.41. The van der Waals surface area contributed by atoms with Gasteiger partial charge in [-0.2, -0.15) is 0 Å². The van der Waals surface area contributed by atoms with Gasteiger partial charge < -0.3 is 25.2 Å². The van der Waals surface area contributed by atoms with Crippen molar-refractivity contribution in [1.29, 1.82) is 0 Å². The van der Waals surface area contributed by atoms with Crippen LogP contribution in [0.25, 0.3) is 0 Å². The van der Waals surface area contributed by atoms with Gasteiger partial charge in [-0.3, -0.25) is 23.4 Å². The fourth-order valence-corrected chi connectivity index (χ4v) is 6.63. The summed E-state index contributed by atoms with van der Waals surface area (Å²) in [5.41, 5.74) is 5.34. The maximum absolute atomic E-state index is 12.7. The topological polar surface area (TPSA) is 172 Å². The molecule has 0 aromatic heterocycles. The van der Waals surface area contributed by atoms with E-state index in [0.29, 0.717) is 12.8 Å². The van der Waals surface area contributed by atoms with Crippen LogP contribution in [0.1, 0.15) is 181 Å². The van der Waals surface area contributed by atoms with Crippen LogP contribution in [0.15, 0.2) is 72.9 Å². The van der Waals surface area contributed by atoms with Crippen molar-refractivity contribution in [3.8, 4) is 0 Å². The number of allylic oxidation sites excluding steroid dienone is 12. The van der Waals surface area contributed by atoms with Crippen molar-refractivity contribution in [2.45, 2.75) is 193 Å². The number of ether oxygens (including phenoxy) is 2. The number of aliphatic carboxylic acids is 1. The number of nitrogens with two attached hydrogens (primary N) is 1. The predicted octanol–water partition coefficient (Wildman–Crippen LogP) is 12.5. The van der Waals surface area contributed by atoms with Crippen molar-refractivity contribution in [3.05, 3.63) is 72.9 Å². The van der Waals surface area contributed by atoms with E-state index >= 15 is 0 Å². The number of phosphoric acid groups is 1. The Morgan fingerprint density at radius 1 is 0.533 bits per heavy atom. The quantitative estimate of drug-likeness (QED) is 0.0231. The van der Waals surface area contributed by atoms with Crippen LogP contribution in [0, 0.1) is 0 Å². The first-order valence-corrected chi connectivity index (χ1v) is 24.5. The maximum Gasteiger partial charge on any atom is 0.472 e. The number of hydrogen-bond acceptors (Lipinski definition) is 9. The lowest BCUT2D eigenvalue weighted by molar-refractivity contribution is -0.161. The number of carbonyl (C=O) groups is 3. The summed E-state index contributed by atoms with van der Waals surface area (Å²) in [6, 6.07) is -1.53. The molecule has 0 saturated carbocycles. The minimum absolute atomic E-state index is 0.145. The molecular weight excluding hydrogens is 781 g/mol. The zero-order chi connectivity index (χ0) is 44.2. The Labute approximate surface area is 363 Å². The smallest absolute Gasteiger partial charge is 0.472 e. The Kier molecular flexibility index (Phi) is 40.4. The van der Waals surface area contributed by atoms with Crippen LogP contribution < -0.4 is 5.73 Å². The van der Waals surface area contributed by atoms with Gasteiger partial charge in [0.25, 0.3) is 0 Å². The Hall–Kier alpha value is -3.08. The Balaban J connectivity index is 4.36. The molecule has 0 bridgehead atoms. The average molecular weight is 864 g/mol. The molecule has 0 saturated heterocycles. The molecule has 12 heteroatoms. The number of esters is 2. The van der Waals surface area contributed by atoms with E-state index in [2.05, 4.69) is 91.3 Å². The molecule has 3 atom stereocenters. The van der Waals surface area contributed by atoms with E-state index in [0.717, 1.165) is 103 Å². The molecule has 0 aromatic carbocycles. The second-order valence-electron chi connectivity index (χ2n) is 15.1. The fraction of sp³-hybridized carbons (Fsp3) is 0.688. The van der Waals surface area contributed by atoms with Crippen LogP contribution in [0.4, 0.5) is 0 Å². The molecule has 0 aromatic rings. The predicted molar refractivity (Wildman–Crippen MR) is 244 cm³/mol. The second-order valence-corrected chi connectivity index (χ2v) is 16.6. The highest BCUT2D eigenvalue weighted by Crippen LogP contribution is 2.43. The largest absolute Gasteiger partial charge is 0.480 e. The van der Waals surface area contributed by atoms with Gasteiger partial charge in [0.05, 0.1) is 13.2 Å². The van der Waals surface area contributed by atoms with Gasteiger partial charge in [-0.15, -0.1) is 0 Å². The monoisotopic (exact) mass is 864 g/mol. The van der Waals surface area contributed by atoms with E-state index in [4.69, 9.17) is 24.8 Å². The molecule has 0 rings (SSSR count). The molecule has 0 aliphatic carbocycles. The van der Waals surface area contributed by atoms with Crippen molar-refractivity contribution >= 4 is 25.7 Å². The molecule has 0 aliphatic rings. The first-order valence-electron chi connectivity index (χ1n) is 23.0. The summed E-state index contributed by atoms with van der Waals surface area (Å²) in [4.78, 5) is 46.0. The number of hydrogen-bond donors (Lipinski definition) is 3. The number of carboxylic acid groups (broad SMARTS) is 1. The van der Waals surface area contributed by atoms with Crippen LogP contribution in [0.5, 0.6) is 0 Å². The third-order valence-corrected chi connectivity index (χ3v) is 10.4. The Morgan fingerprint density at radius 2 is 0.933 bits per heavy atom. The molecule has 344 valence electrons. The molecule has 3 unspecified atom stereocenters. The molecule has 0 fully saturated rings. The maximum atomic E-state index is 12.7. The fourth-order valence-electron chi connectivity index (χ4n) is 5.85. The number of carbonyl (C=O) groups excluding carboxylic acids is 2. The zero-order valence-corrected chi connectivity index (χ0v) is 38.2. The number of carboxylic acids is 1. The van der Waals surface area contributed by atoms with Crippen LogP contribution in [0.3, 0.4) is 0 Å². The molecular formula is C48H82NO10P. The summed E-state index contributed by atoms with van der Waals surface area (Å²) < 4.78 is 32.7. The lowest BCUT2D eigenvalue weighted by Crippen LogP contribution is -2.34. The van der Waals surface area contributed by atoms with Crippen LogP contribution in [0.2, 0.25) is 0 Å². The van der Waals surface area contributed by atoms with Crippen LogP contribution in [-0.4, -0.2) is 59.9 Å². The third kappa shape index (κ3) is 41.6. The summed E-state index contributed by atoms with van der Waals surface area (Å²) in [6.07, 6.45) is 51.0. The van der Waals surface area contributed by atoms with E-state index < -0.39 is 51.1 Å². The van der Waals surface area contributed by atoms with E-state index in [1.54, 1.807) is 0 Å². The first kappa shape index (κ1) is 56.9. The third-order valence-electron chi connectivity index (χ3n) is 9.44. The minimum atomic E-state index is -4.73. The average Bonchev–Trinajstić information content (AvgIpc) is 3.22. The molecule has 11 nitrogen and oxygen atoms in total. The zero-order valence-electron chi connectivity index (χ0n) is 37.3. The lowest BCUT2D eigenvalue weighted by Gasteiger charge is -2.20. The van der Waals surface area contributed by atoms with E-state index in [1.807, 2.05) is 0 Å². The Bertz CT molecular complexity index is 1290. The van der Waals surface area contributed by atoms with Gasteiger partial charge >= 0.3 is 25.7 Å². The molecule has 0 aliphatic heterocycles. The standard InChI is InChI=1S/C48H82NO10P/c1-3-5-7-9-11-13-15-17-19-20-21-22-23-24-26-28-30-32-34-36-38-40-47(51)59-44(42-57-60(54,55)58-43-45(49)48(52)53)41-56-46(50)39-37-35-33-31-29-27-25-18-16-14-12-10-8-6-4-2/h5,7,11-14,17-19,21-22,25,44-45H,3-4,6,8-10,15-16,20,23-24,26-43,49H2,1-2H3,(H,52,53)(H,54,55)/b7-5-,13-11-,14-12-,19-17-,22-21-,25-18-. The Morgan fingerprint density at radius 3 is 1.40 bits per heavy atom. The number of rotatable bonds is 42. The second kappa shape index (κ2) is 42.6. The van der Waals surface area contributed by atoms with Crippen molar-refractivity contribution in [3.63, 3.8) is 0 Å². The highest BCUT2D eigenvalue weighted by molar-refractivity contribution is 7.47. The highest BCUT2D eigenvalue weighted by atomic mass is 31.2. The summed E-state index contributed by atoms with van der Waals surface area (Å²) in [5, 5.41) is 8.90. The first-order chi connectivity index (χ1) is 29.1.